The number of nitrogen functional groups attached to an aromatic ring is 1. The number of nitrogens with two attached hydrogens (primary N) is 1. The van der Waals surface area contributed by atoms with Crippen molar-refractivity contribution in [1.82, 2.24) is 0 Å². The Balaban J connectivity index is 2.64. The van der Waals surface area contributed by atoms with Crippen molar-refractivity contribution in [2.45, 2.75) is 13.3 Å². The summed E-state index contributed by atoms with van der Waals surface area (Å²) in [6.07, 6.45) is 0.999. The summed E-state index contributed by atoms with van der Waals surface area (Å²) in [6, 6.07) is 1.98. The fourth-order valence-electron chi connectivity index (χ4n) is 0.874. The minimum absolute atomic E-state index is 0.497. The Morgan fingerprint density at radius 3 is 2.92 bits per heavy atom. The Morgan fingerprint density at radius 1 is 1.67 bits per heavy atom. The largest absolute Gasteiger partial charge is 0.489 e. The molecule has 2 N–H and O–H groups in total. The summed E-state index contributed by atoms with van der Waals surface area (Å²) in [5.74, 6) is 1.27. The van der Waals surface area contributed by atoms with Gasteiger partial charge in [-0.2, -0.15) is 0 Å². The van der Waals surface area contributed by atoms with Crippen molar-refractivity contribution in [1.29, 1.82) is 0 Å². The van der Waals surface area contributed by atoms with E-state index < -0.39 is 0 Å². The van der Waals surface area contributed by atoms with E-state index in [2.05, 4.69) is 6.92 Å². The zero-order chi connectivity index (χ0) is 8.97. The molecule has 0 saturated heterocycles. The quantitative estimate of drug-likeness (QED) is 0.767. The molecule has 1 aromatic heterocycles. The second kappa shape index (κ2) is 4.58. The molecular formula is C8H12ClNOS. The molecular weight excluding hydrogens is 194 g/mol. The third kappa shape index (κ3) is 2.29. The van der Waals surface area contributed by atoms with Gasteiger partial charge in [0.15, 0.2) is 5.75 Å². The highest BCUT2D eigenvalue weighted by molar-refractivity contribution is 7.16. The van der Waals surface area contributed by atoms with Crippen LogP contribution < -0.4 is 10.5 Å². The SMILES string of the molecule is CCc1cc(OCCCl)c(N)s1. The van der Waals surface area contributed by atoms with Crippen LogP contribution in [0.5, 0.6) is 5.75 Å². The van der Waals surface area contributed by atoms with Gasteiger partial charge in [0.05, 0.1) is 5.88 Å². The van der Waals surface area contributed by atoms with E-state index in [1.807, 2.05) is 6.07 Å². The van der Waals surface area contributed by atoms with Crippen molar-refractivity contribution in [2.75, 3.05) is 18.2 Å². The summed E-state index contributed by atoms with van der Waals surface area (Å²) in [4.78, 5) is 1.25. The van der Waals surface area contributed by atoms with Gasteiger partial charge in [-0.1, -0.05) is 6.92 Å². The maximum absolute atomic E-state index is 5.71. The number of alkyl halides is 1. The van der Waals surface area contributed by atoms with Crippen LogP contribution in [0.1, 0.15) is 11.8 Å². The van der Waals surface area contributed by atoms with E-state index in [1.54, 1.807) is 11.3 Å². The molecule has 0 fully saturated rings. The lowest BCUT2D eigenvalue weighted by Gasteiger charge is -2.00. The van der Waals surface area contributed by atoms with Crippen molar-refractivity contribution in [2.24, 2.45) is 0 Å². The molecule has 0 unspecified atom stereocenters. The maximum atomic E-state index is 5.71. The molecule has 12 heavy (non-hydrogen) atoms. The average Bonchev–Trinajstić information content (AvgIpc) is 2.43. The Labute approximate surface area is 81.3 Å². The number of aryl methyl sites for hydroxylation is 1. The van der Waals surface area contributed by atoms with E-state index in [4.69, 9.17) is 22.1 Å². The van der Waals surface area contributed by atoms with Gasteiger partial charge in [0, 0.05) is 4.88 Å². The molecule has 2 nitrogen and oxygen atoms in total. The van der Waals surface area contributed by atoms with Crippen molar-refractivity contribution in [3.8, 4) is 5.75 Å². The molecule has 4 heteroatoms. The standard InChI is InChI=1S/C8H12ClNOS/c1-2-6-5-7(8(10)12-6)11-4-3-9/h5H,2-4,10H2,1H3. The van der Waals surface area contributed by atoms with E-state index >= 15 is 0 Å². The van der Waals surface area contributed by atoms with Crippen LogP contribution in [0.3, 0.4) is 0 Å². The lowest BCUT2D eigenvalue weighted by molar-refractivity contribution is 0.345. The van der Waals surface area contributed by atoms with Crippen LogP contribution in [0.2, 0.25) is 0 Å². The first-order valence-corrected chi connectivity index (χ1v) is 5.20. The molecule has 0 aliphatic rings. The van der Waals surface area contributed by atoms with Crippen LogP contribution in [0, 0.1) is 0 Å². The lowest BCUT2D eigenvalue weighted by atomic mass is 10.4. The molecule has 0 aliphatic heterocycles. The highest BCUT2D eigenvalue weighted by Crippen LogP contribution is 2.32. The minimum atomic E-state index is 0.497. The van der Waals surface area contributed by atoms with E-state index in [9.17, 15) is 0 Å². The van der Waals surface area contributed by atoms with Crippen molar-refractivity contribution in [3.63, 3.8) is 0 Å². The van der Waals surface area contributed by atoms with Crippen LogP contribution in [0.4, 0.5) is 5.00 Å². The zero-order valence-electron chi connectivity index (χ0n) is 6.97. The Hall–Kier alpha value is -0.410. The van der Waals surface area contributed by atoms with Crippen molar-refractivity contribution < 1.29 is 4.74 Å². The average molecular weight is 206 g/mol. The van der Waals surface area contributed by atoms with Crippen LogP contribution >= 0.6 is 22.9 Å². The van der Waals surface area contributed by atoms with Gasteiger partial charge in [-0.3, -0.25) is 0 Å². The molecule has 1 aromatic rings. The number of anilines is 1. The molecule has 1 heterocycles. The predicted molar refractivity (Wildman–Crippen MR) is 54.3 cm³/mol. The highest BCUT2D eigenvalue weighted by Gasteiger charge is 2.05. The number of ether oxygens (including phenoxy) is 1. The molecule has 0 aromatic carbocycles. The summed E-state index contributed by atoms with van der Waals surface area (Å²) >= 11 is 7.06. The molecule has 0 bridgehead atoms. The fraction of sp³-hybridized carbons (Fsp3) is 0.500. The molecule has 0 amide bonds. The summed E-state index contributed by atoms with van der Waals surface area (Å²) in [7, 11) is 0. The Morgan fingerprint density at radius 2 is 2.42 bits per heavy atom. The fourth-order valence-corrected chi connectivity index (χ4v) is 1.76. The topological polar surface area (TPSA) is 35.2 Å². The summed E-state index contributed by atoms with van der Waals surface area (Å²) in [5, 5.41) is 0.747. The summed E-state index contributed by atoms with van der Waals surface area (Å²) in [6.45, 7) is 2.61. The third-order valence-corrected chi connectivity index (χ3v) is 2.70. The number of thiophene rings is 1. The molecule has 0 spiro atoms. The zero-order valence-corrected chi connectivity index (χ0v) is 8.54. The number of rotatable bonds is 4. The molecule has 0 aliphatic carbocycles. The Bertz CT molecular complexity index is 249. The first-order chi connectivity index (χ1) is 5.77. The van der Waals surface area contributed by atoms with E-state index in [-0.39, 0.29) is 0 Å². The van der Waals surface area contributed by atoms with E-state index in [0.29, 0.717) is 12.5 Å². The minimum Gasteiger partial charge on any atom is -0.489 e. The van der Waals surface area contributed by atoms with Gasteiger partial charge in [0.25, 0.3) is 0 Å². The van der Waals surface area contributed by atoms with E-state index in [1.165, 1.54) is 4.88 Å². The van der Waals surface area contributed by atoms with E-state index in [0.717, 1.165) is 17.2 Å². The van der Waals surface area contributed by atoms with Crippen LogP contribution in [0.25, 0.3) is 0 Å². The highest BCUT2D eigenvalue weighted by atomic mass is 35.5. The van der Waals surface area contributed by atoms with Crippen LogP contribution in [0.15, 0.2) is 6.07 Å². The smallest absolute Gasteiger partial charge is 0.153 e. The van der Waals surface area contributed by atoms with Crippen molar-refractivity contribution in [3.05, 3.63) is 10.9 Å². The molecule has 0 atom stereocenters. The van der Waals surface area contributed by atoms with Gasteiger partial charge in [-0.05, 0) is 12.5 Å². The Kier molecular flexibility index (Phi) is 3.69. The van der Waals surface area contributed by atoms with Gasteiger partial charge in [-0.25, -0.2) is 0 Å². The second-order valence-electron chi connectivity index (χ2n) is 2.33. The van der Waals surface area contributed by atoms with Gasteiger partial charge in [0.1, 0.15) is 11.6 Å². The van der Waals surface area contributed by atoms with Gasteiger partial charge in [0.2, 0.25) is 0 Å². The predicted octanol–water partition coefficient (Wildman–Crippen LogP) is 2.51. The van der Waals surface area contributed by atoms with Crippen LogP contribution in [-0.4, -0.2) is 12.5 Å². The van der Waals surface area contributed by atoms with Gasteiger partial charge >= 0.3 is 0 Å². The first-order valence-electron chi connectivity index (χ1n) is 3.84. The normalized spacial score (nSPS) is 10.2. The van der Waals surface area contributed by atoms with Crippen molar-refractivity contribution >= 4 is 27.9 Å². The van der Waals surface area contributed by atoms with Gasteiger partial charge < -0.3 is 10.5 Å². The molecule has 0 saturated carbocycles. The molecule has 0 radical (unpaired) electrons. The maximum Gasteiger partial charge on any atom is 0.153 e. The van der Waals surface area contributed by atoms with Gasteiger partial charge in [-0.15, -0.1) is 22.9 Å². The monoisotopic (exact) mass is 205 g/mol. The first kappa shape index (κ1) is 9.68. The van der Waals surface area contributed by atoms with Crippen LogP contribution in [-0.2, 0) is 6.42 Å². The summed E-state index contributed by atoms with van der Waals surface area (Å²) in [5.41, 5.74) is 5.71. The molecule has 1 rings (SSSR count). The summed E-state index contributed by atoms with van der Waals surface area (Å²) < 4.78 is 5.32. The number of hydrogen-bond donors (Lipinski definition) is 1. The number of halogens is 1. The lowest BCUT2D eigenvalue weighted by Crippen LogP contribution is -1.98. The second-order valence-corrected chi connectivity index (χ2v) is 3.88. The third-order valence-electron chi connectivity index (χ3n) is 1.46. The number of hydrogen-bond acceptors (Lipinski definition) is 3. The molecule has 68 valence electrons.